The van der Waals surface area contributed by atoms with Crippen molar-refractivity contribution in [1.82, 2.24) is 10.1 Å². The first-order valence-corrected chi connectivity index (χ1v) is 9.16. The van der Waals surface area contributed by atoms with Crippen LogP contribution in [0.2, 0.25) is 0 Å². The van der Waals surface area contributed by atoms with Gasteiger partial charge in [-0.15, -0.1) is 0 Å². The molecule has 1 N–H and O–H groups in total. The number of hydrogen-bond acceptors (Lipinski definition) is 6. The second kappa shape index (κ2) is 9.25. The molecule has 1 aromatic heterocycles. The van der Waals surface area contributed by atoms with Crippen LogP contribution in [0, 0.1) is 0 Å². The summed E-state index contributed by atoms with van der Waals surface area (Å²) in [6.07, 6.45) is -0.709. The van der Waals surface area contributed by atoms with Crippen LogP contribution in [-0.2, 0) is 11.2 Å². The molecule has 1 unspecified atom stereocenters. The van der Waals surface area contributed by atoms with Crippen LogP contribution in [0.15, 0.2) is 59.1 Å². The Morgan fingerprint density at radius 3 is 2.52 bits per heavy atom. The van der Waals surface area contributed by atoms with Crippen molar-refractivity contribution in [2.24, 2.45) is 0 Å². The average molecular weight is 396 g/mol. The Bertz CT molecular complexity index is 952. The van der Waals surface area contributed by atoms with Gasteiger partial charge in [0.2, 0.25) is 5.91 Å². The number of benzene rings is 2. The Morgan fingerprint density at radius 2 is 1.83 bits per heavy atom. The molecule has 3 rings (SSSR count). The fourth-order valence-electron chi connectivity index (χ4n) is 2.89. The van der Waals surface area contributed by atoms with Gasteiger partial charge in [0, 0.05) is 18.7 Å². The Balaban J connectivity index is 1.60. The van der Waals surface area contributed by atoms with Crippen molar-refractivity contribution < 1.29 is 23.9 Å². The van der Waals surface area contributed by atoms with Gasteiger partial charge in [-0.1, -0.05) is 29.4 Å². The summed E-state index contributed by atoms with van der Waals surface area (Å²) < 4.78 is 15.7. The van der Waals surface area contributed by atoms with E-state index in [1.807, 2.05) is 24.3 Å². The fraction of sp³-hybridized carbons (Fsp3) is 0.273. The van der Waals surface area contributed by atoms with E-state index in [0.717, 1.165) is 5.56 Å². The van der Waals surface area contributed by atoms with Crippen LogP contribution in [-0.4, -0.2) is 48.9 Å². The first kappa shape index (κ1) is 20.4. The van der Waals surface area contributed by atoms with Gasteiger partial charge in [0.15, 0.2) is 5.76 Å². The van der Waals surface area contributed by atoms with Gasteiger partial charge in [0.05, 0.1) is 39.0 Å². The normalized spacial score (nSPS) is 11.7. The number of amides is 1. The summed E-state index contributed by atoms with van der Waals surface area (Å²) in [4.78, 5) is 14.0. The van der Waals surface area contributed by atoms with E-state index in [4.69, 9.17) is 14.0 Å². The molecule has 29 heavy (non-hydrogen) atoms. The first-order valence-electron chi connectivity index (χ1n) is 9.16. The van der Waals surface area contributed by atoms with E-state index in [1.165, 1.54) is 4.90 Å². The van der Waals surface area contributed by atoms with Crippen molar-refractivity contribution in [3.63, 3.8) is 0 Å². The van der Waals surface area contributed by atoms with Crippen molar-refractivity contribution >= 4 is 5.91 Å². The molecule has 1 amide bonds. The second-order valence-corrected chi connectivity index (χ2v) is 6.65. The van der Waals surface area contributed by atoms with Gasteiger partial charge in [-0.2, -0.15) is 0 Å². The maximum atomic E-state index is 12.5. The zero-order valence-corrected chi connectivity index (χ0v) is 16.7. The largest absolute Gasteiger partial charge is 0.497 e. The van der Waals surface area contributed by atoms with Gasteiger partial charge in [0.1, 0.15) is 11.5 Å². The number of nitrogens with zero attached hydrogens (tertiary/aromatic N) is 2. The Morgan fingerprint density at radius 1 is 1.10 bits per heavy atom. The number of aromatic nitrogens is 1. The van der Waals surface area contributed by atoms with E-state index in [9.17, 15) is 9.90 Å². The minimum Gasteiger partial charge on any atom is -0.497 e. The number of methoxy groups -OCH3 is 2. The number of aliphatic hydroxyl groups excluding tert-OH is 1. The molecule has 0 spiro atoms. The number of likely N-dealkylation sites (N-methyl/N-ethyl adjacent to an activating group) is 1. The SMILES string of the molecule is COc1ccc(C(O)CN(C)C(=O)Cc2cc(-c3cccc(OC)c3)on2)cc1. The van der Waals surface area contributed by atoms with Gasteiger partial charge in [-0.3, -0.25) is 4.79 Å². The summed E-state index contributed by atoms with van der Waals surface area (Å²) >= 11 is 0. The second-order valence-electron chi connectivity index (χ2n) is 6.65. The molecule has 0 saturated carbocycles. The minimum atomic E-state index is -0.792. The molecule has 1 atom stereocenters. The molecule has 0 radical (unpaired) electrons. The van der Waals surface area contributed by atoms with E-state index >= 15 is 0 Å². The van der Waals surface area contributed by atoms with E-state index in [0.29, 0.717) is 28.5 Å². The molecule has 0 aliphatic rings. The Kier molecular flexibility index (Phi) is 6.51. The molecule has 2 aromatic carbocycles. The van der Waals surface area contributed by atoms with Crippen molar-refractivity contribution in [1.29, 1.82) is 0 Å². The van der Waals surface area contributed by atoms with Crippen LogP contribution in [0.25, 0.3) is 11.3 Å². The van der Waals surface area contributed by atoms with Crippen LogP contribution in [0.5, 0.6) is 11.5 Å². The van der Waals surface area contributed by atoms with Crippen molar-refractivity contribution in [3.8, 4) is 22.8 Å². The van der Waals surface area contributed by atoms with Crippen molar-refractivity contribution in [2.75, 3.05) is 27.8 Å². The number of carbonyl (C=O) groups excluding carboxylic acids is 1. The molecule has 0 saturated heterocycles. The summed E-state index contributed by atoms with van der Waals surface area (Å²) in [5, 5.41) is 14.4. The predicted molar refractivity (Wildman–Crippen MR) is 108 cm³/mol. The van der Waals surface area contributed by atoms with Crippen molar-refractivity contribution in [2.45, 2.75) is 12.5 Å². The van der Waals surface area contributed by atoms with Gasteiger partial charge >= 0.3 is 0 Å². The summed E-state index contributed by atoms with van der Waals surface area (Å²) in [5.74, 6) is 1.82. The maximum absolute atomic E-state index is 12.5. The van der Waals surface area contributed by atoms with Gasteiger partial charge in [-0.05, 0) is 29.8 Å². The maximum Gasteiger partial charge on any atom is 0.228 e. The lowest BCUT2D eigenvalue weighted by atomic mass is 10.1. The average Bonchev–Trinajstić information content (AvgIpc) is 3.22. The summed E-state index contributed by atoms with van der Waals surface area (Å²) in [6.45, 7) is 0.172. The number of carbonyl (C=O) groups is 1. The number of aliphatic hydroxyl groups is 1. The number of rotatable bonds is 8. The highest BCUT2D eigenvalue weighted by molar-refractivity contribution is 5.78. The topological polar surface area (TPSA) is 85.0 Å². The van der Waals surface area contributed by atoms with E-state index < -0.39 is 6.10 Å². The molecular formula is C22H24N2O5. The lowest BCUT2D eigenvalue weighted by Gasteiger charge is -2.21. The highest BCUT2D eigenvalue weighted by Crippen LogP contribution is 2.25. The molecule has 3 aromatic rings. The molecule has 7 nitrogen and oxygen atoms in total. The minimum absolute atomic E-state index is 0.0826. The fourth-order valence-corrected chi connectivity index (χ4v) is 2.89. The van der Waals surface area contributed by atoms with Gasteiger partial charge in [-0.25, -0.2) is 0 Å². The lowest BCUT2D eigenvalue weighted by Crippen LogP contribution is -2.32. The number of ether oxygens (including phenoxy) is 2. The van der Waals surface area contributed by atoms with Gasteiger partial charge in [0.25, 0.3) is 0 Å². The zero-order valence-electron chi connectivity index (χ0n) is 16.7. The third-order valence-corrected chi connectivity index (χ3v) is 4.62. The molecule has 0 fully saturated rings. The van der Waals surface area contributed by atoms with E-state index in [2.05, 4.69) is 5.16 Å². The molecule has 0 bridgehead atoms. The molecule has 7 heteroatoms. The van der Waals surface area contributed by atoms with Gasteiger partial charge < -0.3 is 24.0 Å². The van der Waals surface area contributed by atoms with Crippen LogP contribution >= 0.6 is 0 Å². The van der Waals surface area contributed by atoms with E-state index in [1.54, 1.807) is 51.6 Å². The third kappa shape index (κ3) is 5.14. The van der Waals surface area contributed by atoms with Crippen LogP contribution in [0.4, 0.5) is 0 Å². The number of hydrogen-bond donors (Lipinski definition) is 1. The first-order chi connectivity index (χ1) is 14.0. The predicted octanol–water partition coefficient (Wildman–Crippen LogP) is 3.09. The van der Waals surface area contributed by atoms with Crippen molar-refractivity contribution in [3.05, 3.63) is 65.9 Å². The monoisotopic (exact) mass is 396 g/mol. The summed E-state index contributed by atoms with van der Waals surface area (Å²) in [6, 6.07) is 16.3. The standard InChI is InChI=1S/C22H24N2O5/c1-24(14-20(25)15-7-9-18(27-2)10-8-15)22(26)13-17-12-21(29-23-17)16-5-4-6-19(11-16)28-3/h4-12,20,25H,13-14H2,1-3H3. The highest BCUT2D eigenvalue weighted by atomic mass is 16.5. The molecule has 0 aliphatic carbocycles. The summed E-state index contributed by atoms with van der Waals surface area (Å²) in [7, 11) is 4.83. The summed E-state index contributed by atoms with van der Waals surface area (Å²) in [5.41, 5.74) is 2.06. The third-order valence-electron chi connectivity index (χ3n) is 4.62. The van der Waals surface area contributed by atoms with E-state index in [-0.39, 0.29) is 18.9 Å². The quantitative estimate of drug-likeness (QED) is 0.630. The highest BCUT2D eigenvalue weighted by Gasteiger charge is 2.18. The van der Waals surface area contributed by atoms with Crippen LogP contribution < -0.4 is 9.47 Å². The Hall–Kier alpha value is -3.32. The molecular weight excluding hydrogens is 372 g/mol. The molecule has 152 valence electrons. The molecule has 0 aliphatic heterocycles. The lowest BCUT2D eigenvalue weighted by molar-refractivity contribution is -0.130. The zero-order chi connectivity index (χ0) is 20.8. The van der Waals surface area contributed by atoms with Crippen LogP contribution in [0.1, 0.15) is 17.4 Å². The Labute approximate surface area is 169 Å². The molecule has 1 heterocycles. The van der Waals surface area contributed by atoms with Crippen LogP contribution in [0.3, 0.4) is 0 Å². The smallest absolute Gasteiger partial charge is 0.228 e.